The van der Waals surface area contributed by atoms with Crippen LogP contribution >= 0.6 is 11.3 Å². The maximum absolute atomic E-state index is 12.5. The van der Waals surface area contributed by atoms with Crippen molar-refractivity contribution in [2.45, 2.75) is 52.0 Å². The number of hydrogen-bond acceptors (Lipinski definition) is 4. The van der Waals surface area contributed by atoms with Crippen molar-refractivity contribution in [3.63, 3.8) is 0 Å². The Hall–Kier alpha value is -1.40. The second-order valence-corrected chi connectivity index (χ2v) is 9.35. The molecule has 5 nitrogen and oxygen atoms in total. The van der Waals surface area contributed by atoms with E-state index in [4.69, 9.17) is 0 Å². The summed E-state index contributed by atoms with van der Waals surface area (Å²) in [5, 5.41) is 5.11. The first-order chi connectivity index (χ1) is 13.0. The summed E-state index contributed by atoms with van der Waals surface area (Å²) in [6.45, 7) is 8.77. The van der Waals surface area contributed by atoms with Crippen molar-refractivity contribution in [2.75, 3.05) is 32.7 Å². The topological polar surface area (TPSA) is 52.7 Å². The van der Waals surface area contributed by atoms with Crippen LogP contribution < -0.4 is 5.32 Å². The van der Waals surface area contributed by atoms with Crippen LogP contribution in [0.4, 0.5) is 0 Å². The zero-order chi connectivity index (χ0) is 19.2. The lowest BCUT2D eigenvalue weighted by Crippen LogP contribution is -2.50. The van der Waals surface area contributed by atoms with Gasteiger partial charge in [-0.2, -0.15) is 0 Å². The summed E-state index contributed by atoms with van der Waals surface area (Å²) in [6, 6.07) is 4.61. The third-order valence-corrected chi connectivity index (χ3v) is 6.70. The Morgan fingerprint density at radius 3 is 2.44 bits per heavy atom. The predicted molar refractivity (Wildman–Crippen MR) is 110 cm³/mol. The molecule has 0 spiro atoms. The summed E-state index contributed by atoms with van der Waals surface area (Å²) < 4.78 is 0. The normalized spacial score (nSPS) is 20.2. The minimum absolute atomic E-state index is 0.174. The molecular weight excluding hydrogens is 358 g/mol. The molecule has 0 unspecified atom stereocenters. The Kier molecular flexibility index (Phi) is 7.30. The molecule has 0 saturated carbocycles. The van der Waals surface area contributed by atoms with Gasteiger partial charge in [-0.3, -0.25) is 9.59 Å². The molecule has 3 heterocycles. The molecule has 2 fully saturated rings. The van der Waals surface area contributed by atoms with Crippen molar-refractivity contribution in [2.24, 2.45) is 11.8 Å². The van der Waals surface area contributed by atoms with E-state index in [1.54, 1.807) is 11.3 Å². The highest BCUT2D eigenvalue weighted by atomic mass is 32.1. The van der Waals surface area contributed by atoms with Gasteiger partial charge >= 0.3 is 0 Å². The number of thiophene rings is 1. The lowest BCUT2D eigenvalue weighted by atomic mass is 9.92. The van der Waals surface area contributed by atoms with Gasteiger partial charge in [0.05, 0.1) is 6.42 Å². The highest BCUT2D eigenvalue weighted by molar-refractivity contribution is 7.10. The Morgan fingerprint density at radius 2 is 1.85 bits per heavy atom. The summed E-state index contributed by atoms with van der Waals surface area (Å²) >= 11 is 1.66. The van der Waals surface area contributed by atoms with Crippen LogP contribution in [-0.2, 0) is 16.0 Å². The van der Waals surface area contributed by atoms with Gasteiger partial charge in [-0.05, 0) is 56.1 Å². The summed E-state index contributed by atoms with van der Waals surface area (Å²) in [5.74, 6) is 1.17. The van der Waals surface area contributed by atoms with Crippen LogP contribution in [0, 0.1) is 11.8 Å². The van der Waals surface area contributed by atoms with Crippen molar-refractivity contribution in [1.29, 1.82) is 0 Å². The van der Waals surface area contributed by atoms with Gasteiger partial charge in [0.15, 0.2) is 0 Å². The fraction of sp³-hybridized carbons (Fsp3) is 0.714. The van der Waals surface area contributed by atoms with Gasteiger partial charge in [0, 0.05) is 36.5 Å². The molecule has 0 atom stereocenters. The minimum atomic E-state index is 0.174. The molecule has 1 aromatic rings. The standard InChI is InChI=1S/C21H33N3O2S/c1-16(2)15-22-21(26)17-5-9-23(10-6-17)18-7-11-24(12-8-18)20(25)14-19-4-3-13-27-19/h3-4,13,16-18H,5-12,14-15H2,1-2H3,(H,22,26). The Morgan fingerprint density at radius 1 is 1.15 bits per heavy atom. The van der Waals surface area contributed by atoms with Gasteiger partial charge in [0.1, 0.15) is 0 Å². The van der Waals surface area contributed by atoms with Gasteiger partial charge in [0.2, 0.25) is 11.8 Å². The van der Waals surface area contributed by atoms with E-state index in [1.807, 2.05) is 22.4 Å². The summed E-state index contributed by atoms with van der Waals surface area (Å²) in [7, 11) is 0. The molecule has 2 amide bonds. The van der Waals surface area contributed by atoms with Crippen molar-refractivity contribution in [3.05, 3.63) is 22.4 Å². The molecule has 27 heavy (non-hydrogen) atoms. The van der Waals surface area contributed by atoms with E-state index in [0.29, 0.717) is 18.4 Å². The molecule has 0 aromatic carbocycles. The van der Waals surface area contributed by atoms with E-state index >= 15 is 0 Å². The molecule has 6 heteroatoms. The largest absolute Gasteiger partial charge is 0.356 e. The van der Waals surface area contributed by atoms with Gasteiger partial charge < -0.3 is 15.1 Å². The van der Waals surface area contributed by atoms with E-state index in [2.05, 4.69) is 24.1 Å². The van der Waals surface area contributed by atoms with Gasteiger partial charge in [-0.1, -0.05) is 19.9 Å². The Labute approximate surface area is 167 Å². The van der Waals surface area contributed by atoms with Gasteiger partial charge in [0.25, 0.3) is 0 Å². The number of nitrogens with zero attached hydrogens (tertiary/aromatic N) is 2. The van der Waals surface area contributed by atoms with Crippen LogP contribution in [-0.4, -0.2) is 60.4 Å². The fourth-order valence-corrected chi connectivity index (χ4v) is 4.83. The molecule has 1 aromatic heterocycles. The molecule has 0 bridgehead atoms. The van der Waals surface area contributed by atoms with E-state index in [0.717, 1.165) is 63.3 Å². The van der Waals surface area contributed by atoms with E-state index in [9.17, 15) is 9.59 Å². The minimum Gasteiger partial charge on any atom is -0.356 e. The third-order valence-electron chi connectivity index (χ3n) is 5.82. The lowest BCUT2D eigenvalue weighted by molar-refractivity contribution is -0.132. The predicted octanol–water partition coefficient (Wildman–Crippen LogP) is 2.77. The molecule has 2 aliphatic rings. The summed E-state index contributed by atoms with van der Waals surface area (Å²) in [6.07, 6.45) is 4.57. The van der Waals surface area contributed by atoms with E-state index in [1.165, 1.54) is 0 Å². The maximum Gasteiger partial charge on any atom is 0.227 e. The van der Waals surface area contributed by atoms with Crippen molar-refractivity contribution in [1.82, 2.24) is 15.1 Å². The maximum atomic E-state index is 12.5. The average molecular weight is 392 g/mol. The molecule has 0 aliphatic carbocycles. The third kappa shape index (κ3) is 5.79. The first-order valence-corrected chi connectivity index (χ1v) is 11.2. The molecule has 1 N–H and O–H groups in total. The van der Waals surface area contributed by atoms with Crippen LogP contribution in [0.15, 0.2) is 17.5 Å². The molecule has 150 valence electrons. The molecule has 2 saturated heterocycles. The molecule has 2 aliphatic heterocycles. The number of rotatable bonds is 6. The zero-order valence-corrected chi connectivity index (χ0v) is 17.5. The number of piperidine rings is 2. The molecule has 3 rings (SSSR count). The van der Waals surface area contributed by atoms with E-state index < -0.39 is 0 Å². The number of carbonyl (C=O) groups is 2. The Bertz CT molecular complexity index is 601. The first-order valence-electron chi connectivity index (χ1n) is 10.3. The van der Waals surface area contributed by atoms with Crippen LogP contribution in [0.3, 0.4) is 0 Å². The van der Waals surface area contributed by atoms with Crippen molar-refractivity contribution in [3.8, 4) is 0 Å². The number of likely N-dealkylation sites (tertiary alicyclic amines) is 2. The number of amides is 2. The first kappa shape index (κ1) is 20.3. The zero-order valence-electron chi connectivity index (χ0n) is 16.7. The second-order valence-electron chi connectivity index (χ2n) is 8.32. The van der Waals surface area contributed by atoms with Crippen LogP contribution in [0.2, 0.25) is 0 Å². The monoisotopic (exact) mass is 391 g/mol. The van der Waals surface area contributed by atoms with Crippen molar-refractivity contribution < 1.29 is 9.59 Å². The lowest BCUT2D eigenvalue weighted by Gasteiger charge is -2.41. The summed E-state index contributed by atoms with van der Waals surface area (Å²) in [5.41, 5.74) is 0. The van der Waals surface area contributed by atoms with Crippen LogP contribution in [0.1, 0.15) is 44.4 Å². The number of carbonyl (C=O) groups excluding carboxylic acids is 2. The highest BCUT2D eigenvalue weighted by Crippen LogP contribution is 2.24. The Balaban J connectivity index is 1.38. The summed E-state index contributed by atoms with van der Waals surface area (Å²) in [4.78, 5) is 30.4. The second kappa shape index (κ2) is 9.69. The average Bonchev–Trinajstić information content (AvgIpc) is 3.19. The fourth-order valence-electron chi connectivity index (χ4n) is 4.13. The SMILES string of the molecule is CC(C)CNC(=O)C1CCN(C2CCN(C(=O)Cc3cccs3)CC2)CC1. The molecular formula is C21H33N3O2S. The van der Waals surface area contributed by atoms with Crippen LogP contribution in [0.25, 0.3) is 0 Å². The smallest absolute Gasteiger partial charge is 0.227 e. The van der Waals surface area contributed by atoms with Crippen molar-refractivity contribution >= 4 is 23.2 Å². The number of hydrogen-bond donors (Lipinski definition) is 1. The number of nitrogens with one attached hydrogen (secondary N) is 1. The van der Waals surface area contributed by atoms with E-state index in [-0.39, 0.29) is 17.7 Å². The van der Waals surface area contributed by atoms with Crippen LogP contribution in [0.5, 0.6) is 0 Å². The molecule has 0 radical (unpaired) electrons. The van der Waals surface area contributed by atoms with Gasteiger partial charge in [-0.25, -0.2) is 0 Å². The highest BCUT2D eigenvalue weighted by Gasteiger charge is 2.31. The quantitative estimate of drug-likeness (QED) is 0.811. The van der Waals surface area contributed by atoms with Gasteiger partial charge in [-0.15, -0.1) is 11.3 Å².